The van der Waals surface area contributed by atoms with Crippen LogP contribution in [0, 0.1) is 0 Å². The molecular weight excluding hydrogens is 777 g/mol. The Balaban J connectivity index is 1.44. The Morgan fingerprint density at radius 2 is 0.859 bits per heavy atom. The summed E-state index contributed by atoms with van der Waals surface area (Å²) in [4.78, 5) is 15.7. The molecule has 64 heavy (non-hydrogen) atoms. The molecule has 7 aromatic carbocycles. The van der Waals surface area contributed by atoms with Gasteiger partial charge in [-0.05, 0) is 79.5 Å². The van der Waals surface area contributed by atoms with Crippen molar-refractivity contribution in [2.45, 2.75) is 97.8 Å². The van der Waals surface area contributed by atoms with Gasteiger partial charge in [0.05, 0.1) is 16.7 Å². The van der Waals surface area contributed by atoms with Crippen LogP contribution >= 0.6 is 0 Å². The van der Waals surface area contributed by atoms with E-state index >= 15 is 0 Å². The highest BCUT2D eigenvalue weighted by molar-refractivity contribution is 6.14. The van der Waals surface area contributed by atoms with Gasteiger partial charge in [-0.3, -0.25) is 0 Å². The highest BCUT2D eigenvalue weighted by Crippen LogP contribution is 2.52. The van der Waals surface area contributed by atoms with Crippen LogP contribution in [0.25, 0.3) is 83.9 Å². The lowest BCUT2D eigenvalue weighted by Gasteiger charge is -2.30. The lowest BCUT2D eigenvalue weighted by atomic mass is 9.74. The molecule has 2 aromatic heterocycles. The van der Waals surface area contributed by atoms with Crippen molar-refractivity contribution in [2.75, 3.05) is 0 Å². The second-order valence-corrected chi connectivity index (χ2v) is 21.5. The molecule has 0 N–H and O–H groups in total. The Hall–Kier alpha value is -6.65. The maximum absolute atomic E-state index is 5.29. The molecule has 318 valence electrons. The number of aromatic nitrogens is 4. The van der Waals surface area contributed by atoms with Gasteiger partial charge in [0.25, 0.3) is 0 Å². The highest BCUT2D eigenvalue weighted by Gasteiger charge is 2.36. The second-order valence-electron chi connectivity index (χ2n) is 21.5. The number of benzene rings is 7. The van der Waals surface area contributed by atoms with Crippen molar-refractivity contribution in [2.24, 2.45) is 0 Å². The standard InChI is InChI=1S/C60H58N4/c1-57(2,3)43-33-47-48-34-44(58(4,5)6)36-50-53(48)64(52(47)49(35-43)59(7,8)9)51-45(37-22-15-12-16-23-37)31-41(32-46(51)40-28-21-29-42(30-40)60(50,10)11)56-62-54(38-24-17-13-18-25-38)61-55(63-56)39-26-19-14-20-27-39/h12-36H,1-11H3. The van der Waals surface area contributed by atoms with Crippen molar-refractivity contribution < 1.29 is 0 Å². The first-order chi connectivity index (χ1) is 30.4. The highest BCUT2D eigenvalue weighted by atomic mass is 15.0. The topological polar surface area (TPSA) is 43.6 Å². The second kappa shape index (κ2) is 14.7. The van der Waals surface area contributed by atoms with Gasteiger partial charge >= 0.3 is 0 Å². The molecule has 1 aliphatic rings. The Labute approximate surface area is 379 Å². The largest absolute Gasteiger partial charge is 0.307 e. The summed E-state index contributed by atoms with van der Waals surface area (Å²) in [6, 6.07) is 55.4. The first-order valence-corrected chi connectivity index (χ1v) is 22.8. The zero-order valence-electron chi connectivity index (χ0n) is 39.2. The lowest BCUT2D eigenvalue weighted by molar-refractivity contribution is 0.572. The molecule has 0 spiro atoms. The Morgan fingerprint density at radius 1 is 0.406 bits per heavy atom. The number of rotatable bonds is 4. The first-order valence-electron chi connectivity index (χ1n) is 22.8. The predicted molar refractivity (Wildman–Crippen MR) is 270 cm³/mol. The summed E-state index contributed by atoms with van der Waals surface area (Å²) in [5.74, 6) is 1.92. The molecule has 2 bridgehead atoms. The van der Waals surface area contributed by atoms with Gasteiger partial charge in [-0.15, -0.1) is 0 Å². The molecule has 0 amide bonds. The van der Waals surface area contributed by atoms with Crippen molar-refractivity contribution in [1.29, 1.82) is 0 Å². The molecule has 0 radical (unpaired) electrons. The van der Waals surface area contributed by atoms with E-state index in [1.807, 2.05) is 36.4 Å². The summed E-state index contributed by atoms with van der Waals surface area (Å²) in [7, 11) is 0. The summed E-state index contributed by atoms with van der Waals surface area (Å²) in [6.45, 7) is 26.0. The van der Waals surface area contributed by atoms with Crippen LogP contribution in [0.15, 0.2) is 152 Å². The van der Waals surface area contributed by atoms with Gasteiger partial charge in [0.15, 0.2) is 17.5 Å². The van der Waals surface area contributed by atoms with Crippen LogP contribution in [0.2, 0.25) is 0 Å². The number of hydrogen-bond donors (Lipinski definition) is 0. The number of hydrogen-bond acceptors (Lipinski definition) is 3. The Kier molecular flexibility index (Phi) is 9.50. The quantitative estimate of drug-likeness (QED) is 0.177. The van der Waals surface area contributed by atoms with Crippen LogP contribution in [0.4, 0.5) is 0 Å². The monoisotopic (exact) mass is 834 g/mol. The molecule has 4 heteroatoms. The van der Waals surface area contributed by atoms with Crippen LogP contribution in [-0.2, 0) is 21.7 Å². The van der Waals surface area contributed by atoms with E-state index in [0.717, 1.165) is 44.6 Å². The third kappa shape index (κ3) is 6.95. The fraction of sp³-hybridized carbons (Fsp3) is 0.250. The Bertz CT molecular complexity index is 3200. The van der Waals surface area contributed by atoms with Crippen molar-refractivity contribution in [3.63, 3.8) is 0 Å². The zero-order chi connectivity index (χ0) is 44.9. The van der Waals surface area contributed by atoms with Crippen molar-refractivity contribution in [3.05, 3.63) is 179 Å². The fourth-order valence-corrected chi connectivity index (χ4v) is 9.64. The summed E-state index contributed by atoms with van der Waals surface area (Å²) >= 11 is 0. The van der Waals surface area contributed by atoms with Gasteiger partial charge in [0.2, 0.25) is 0 Å². The lowest BCUT2D eigenvalue weighted by Crippen LogP contribution is -2.22. The smallest absolute Gasteiger partial charge is 0.164 e. The van der Waals surface area contributed by atoms with E-state index in [-0.39, 0.29) is 21.7 Å². The van der Waals surface area contributed by atoms with E-state index < -0.39 is 0 Å². The maximum Gasteiger partial charge on any atom is 0.164 e. The first kappa shape index (κ1) is 41.4. The summed E-state index contributed by atoms with van der Waals surface area (Å²) in [6.07, 6.45) is 0. The zero-order valence-corrected chi connectivity index (χ0v) is 39.2. The molecule has 0 saturated heterocycles. The van der Waals surface area contributed by atoms with Crippen molar-refractivity contribution >= 4 is 21.8 Å². The van der Waals surface area contributed by atoms with Gasteiger partial charge in [0, 0.05) is 44.0 Å². The van der Waals surface area contributed by atoms with Gasteiger partial charge in [-0.25, -0.2) is 15.0 Å². The summed E-state index contributed by atoms with van der Waals surface area (Å²) in [5, 5.41) is 2.59. The van der Waals surface area contributed by atoms with E-state index in [9.17, 15) is 0 Å². The third-order valence-corrected chi connectivity index (χ3v) is 13.4. The molecule has 1 aliphatic heterocycles. The van der Waals surface area contributed by atoms with Crippen LogP contribution in [-0.4, -0.2) is 19.5 Å². The molecule has 4 nitrogen and oxygen atoms in total. The van der Waals surface area contributed by atoms with E-state index in [0.29, 0.717) is 17.5 Å². The molecular formula is C60H58N4. The molecule has 10 rings (SSSR count). The Morgan fingerprint density at radius 3 is 1.38 bits per heavy atom. The molecule has 9 aromatic rings. The van der Waals surface area contributed by atoms with E-state index in [1.165, 1.54) is 49.6 Å². The van der Waals surface area contributed by atoms with Gasteiger partial charge in [-0.2, -0.15) is 0 Å². The average molecular weight is 835 g/mol. The van der Waals surface area contributed by atoms with Crippen LogP contribution in [0.5, 0.6) is 0 Å². The van der Waals surface area contributed by atoms with Gasteiger partial charge < -0.3 is 4.57 Å². The van der Waals surface area contributed by atoms with Gasteiger partial charge in [0.1, 0.15) is 0 Å². The van der Waals surface area contributed by atoms with E-state index in [4.69, 9.17) is 15.0 Å². The number of nitrogens with zero attached hydrogens (tertiary/aromatic N) is 4. The number of fused-ring (bicyclic) bond motifs is 8. The van der Waals surface area contributed by atoms with Crippen molar-refractivity contribution in [3.8, 4) is 62.1 Å². The van der Waals surface area contributed by atoms with E-state index in [1.54, 1.807) is 0 Å². The summed E-state index contributed by atoms with van der Waals surface area (Å²) in [5.41, 5.74) is 17.0. The molecule has 0 unspecified atom stereocenters. The van der Waals surface area contributed by atoms with Crippen LogP contribution in [0.3, 0.4) is 0 Å². The SMILES string of the molecule is CC(C)(C)c1cc(C(C)(C)C)c2c(c1)c1cc(C(C)(C)C)cc3c1n2-c1c(-c2ccccc2)cc(-c2nc(-c4ccccc4)nc(-c4ccccc4)n2)cc1-c1cccc(c1)C3(C)C. The minimum Gasteiger partial charge on any atom is -0.307 e. The van der Waals surface area contributed by atoms with Crippen LogP contribution < -0.4 is 0 Å². The van der Waals surface area contributed by atoms with Crippen molar-refractivity contribution in [1.82, 2.24) is 19.5 Å². The predicted octanol–water partition coefficient (Wildman–Crippen LogP) is 15.8. The summed E-state index contributed by atoms with van der Waals surface area (Å²) < 4.78 is 2.68. The molecule has 0 saturated carbocycles. The third-order valence-electron chi connectivity index (χ3n) is 13.4. The maximum atomic E-state index is 5.29. The minimum atomic E-state index is -0.350. The normalized spacial score (nSPS) is 13.7. The fourth-order valence-electron chi connectivity index (χ4n) is 9.64. The molecule has 0 atom stereocenters. The molecule has 0 fully saturated rings. The molecule has 3 heterocycles. The minimum absolute atomic E-state index is 0.0566. The van der Waals surface area contributed by atoms with Crippen LogP contribution in [0.1, 0.15) is 104 Å². The molecule has 0 aliphatic carbocycles. The van der Waals surface area contributed by atoms with E-state index in [2.05, 4.69) is 196 Å². The van der Waals surface area contributed by atoms with Gasteiger partial charge in [-0.1, -0.05) is 204 Å². The average Bonchev–Trinajstić information content (AvgIpc) is 3.62.